The van der Waals surface area contributed by atoms with E-state index >= 15 is 0 Å². The first-order valence-corrected chi connectivity index (χ1v) is 18.4. The molecule has 3 saturated heterocycles. The molecule has 4 atom stereocenters. The number of hydrogen-bond acceptors (Lipinski definition) is 7. The summed E-state index contributed by atoms with van der Waals surface area (Å²) in [5.41, 5.74) is 6.51. The number of aliphatic hydroxyl groups is 1. The van der Waals surface area contributed by atoms with E-state index in [4.69, 9.17) is 9.47 Å². The number of likely N-dealkylation sites (tertiary alicyclic amines) is 1. The van der Waals surface area contributed by atoms with Gasteiger partial charge in [0.1, 0.15) is 5.54 Å². The van der Waals surface area contributed by atoms with Crippen LogP contribution in [0.25, 0.3) is 11.1 Å². The number of aliphatic hydroxyl groups excluding tert-OH is 1. The number of anilines is 1. The average molecular weight is 704 g/mol. The molecule has 1 spiro atoms. The Bertz CT molecular complexity index is 1810. The van der Waals surface area contributed by atoms with Crippen LogP contribution in [-0.4, -0.2) is 66.4 Å². The van der Waals surface area contributed by atoms with Crippen LogP contribution < -0.4 is 20.9 Å². The summed E-state index contributed by atoms with van der Waals surface area (Å²) >= 11 is 0. The maximum Gasteiger partial charge on any atom is 0.315 e. The Kier molecular flexibility index (Phi) is 10.9. The Morgan fingerprint density at radius 2 is 1.60 bits per heavy atom. The van der Waals surface area contributed by atoms with E-state index in [1.54, 1.807) is 0 Å². The Balaban J connectivity index is 1.07. The van der Waals surface area contributed by atoms with Crippen LogP contribution in [0, 0.1) is 5.92 Å². The number of para-hydroxylation sites is 1. The summed E-state index contributed by atoms with van der Waals surface area (Å²) in [4.78, 5) is 29.9. The van der Waals surface area contributed by atoms with Crippen molar-refractivity contribution >= 4 is 17.6 Å². The first-order chi connectivity index (χ1) is 25.4. The van der Waals surface area contributed by atoms with E-state index in [2.05, 4.69) is 81.2 Å². The molecule has 0 aromatic heterocycles. The summed E-state index contributed by atoms with van der Waals surface area (Å²) in [5.74, 6) is 0.169. The summed E-state index contributed by atoms with van der Waals surface area (Å²) in [7, 11) is 0. The molecule has 0 saturated carbocycles. The van der Waals surface area contributed by atoms with E-state index in [1.807, 2.05) is 61.5 Å². The van der Waals surface area contributed by atoms with Crippen molar-refractivity contribution in [3.8, 4) is 11.1 Å². The Hall–Kier alpha value is -4.74. The van der Waals surface area contributed by atoms with Gasteiger partial charge in [-0.1, -0.05) is 91.9 Å². The monoisotopic (exact) mass is 703 g/mol. The second-order valence-corrected chi connectivity index (χ2v) is 14.1. The third-order valence-corrected chi connectivity index (χ3v) is 10.9. The molecule has 3 heterocycles. The number of urea groups is 1. The Morgan fingerprint density at radius 1 is 0.865 bits per heavy atom. The lowest BCUT2D eigenvalue weighted by atomic mass is 9.84. The Morgan fingerprint density at radius 3 is 2.31 bits per heavy atom. The summed E-state index contributed by atoms with van der Waals surface area (Å²) in [5, 5.41) is 18.4. The van der Waals surface area contributed by atoms with Gasteiger partial charge >= 0.3 is 6.03 Å². The molecule has 0 aliphatic carbocycles. The fourth-order valence-electron chi connectivity index (χ4n) is 7.82. The van der Waals surface area contributed by atoms with Crippen molar-refractivity contribution in [1.82, 2.24) is 20.9 Å². The van der Waals surface area contributed by atoms with Crippen molar-refractivity contribution in [2.45, 2.75) is 63.9 Å². The molecule has 0 radical (unpaired) electrons. The van der Waals surface area contributed by atoms with Gasteiger partial charge in [-0.05, 0) is 65.8 Å². The van der Waals surface area contributed by atoms with Crippen LogP contribution in [-0.2, 0) is 27.4 Å². The van der Waals surface area contributed by atoms with Gasteiger partial charge in [-0.25, -0.2) is 4.79 Å². The number of nitrogens with one attached hydrogen (secondary N) is 3. The molecule has 4 aromatic rings. The lowest BCUT2D eigenvalue weighted by Gasteiger charge is -2.46. The van der Waals surface area contributed by atoms with Crippen LogP contribution in [0.4, 0.5) is 10.5 Å². The van der Waals surface area contributed by atoms with Gasteiger partial charge in [-0.2, -0.15) is 0 Å². The molecule has 4 N–H and O–H groups in total. The van der Waals surface area contributed by atoms with E-state index in [9.17, 15) is 14.7 Å². The van der Waals surface area contributed by atoms with Crippen LogP contribution in [0.5, 0.6) is 0 Å². The standard InChI is InChI=1S/C42H49N5O5/c1-3-43-41(50)44-25-31-8-7-9-35(24-31)32-16-18-34(19-17-32)39-51-37(29(2)38(52-39)33-14-12-30(27-48)13-15-33)26-46-22-20-42(21-23-46)40(49)45-28-47(42)36-10-5-4-6-11-36/h4-19,24,29,37-39,48H,3,20-23,25-28H2,1-2H3,(H,45,49)(H2,43,44,50)/t29-,37+,38+,39+/m1/s1. The van der Waals surface area contributed by atoms with E-state index < -0.39 is 11.8 Å². The van der Waals surface area contributed by atoms with Gasteiger partial charge < -0.3 is 40.3 Å². The van der Waals surface area contributed by atoms with Crippen molar-refractivity contribution in [3.05, 3.63) is 125 Å². The summed E-state index contributed by atoms with van der Waals surface area (Å²) in [6, 6.07) is 34.5. The number of nitrogens with zero attached hydrogens (tertiary/aromatic N) is 2. The first-order valence-electron chi connectivity index (χ1n) is 18.4. The molecule has 3 aliphatic heterocycles. The molecule has 272 valence electrons. The summed E-state index contributed by atoms with van der Waals surface area (Å²) in [6.45, 7) is 7.93. The Labute approximate surface area is 306 Å². The highest BCUT2D eigenvalue weighted by molar-refractivity contribution is 5.93. The lowest BCUT2D eigenvalue weighted by molar-refractivity contribution is -0.276. The fraction of sp³-hybridized carbons (Fsp3) is 0.381. The van der Waals surface area contributed by atoms with E-state index in [0.29, 0.717) is 19.8 Å². The minimum Gasteiger partial charge on any atom is -0.392 e. The summed E-state index contributed by atoms with van der Waals surface area (Å²) in [6.07, 6.45) is 0.578. The van der Waals surface area contributed by atoms with Gasteiger partial charge in [0.2, 0.25) is 5.91 Å². The van der Waals surface area contributed by atoms with Crippen LogP contribution in [0.15, 0.2) is 103 Å². The predicted molar refractivity (Wildman–Crippen MR) is 201 cm³/mol. The van der Waals surface area contributed by atoms with Gasteiger partial charge in [-0.3, -0.25) is 4.79 Å². The molecule has 52 heavy (non-hydrogen) atoms. The predicted octanol–water partition coefficient (Wildman–Crippen LogP) is 5.88. The van der Waals surface area contributed by atoms with Crippen molar-refractivity contribution in [2.75, 3.05) is 37.7 Å². The average Bonchev–Trinajstić information content (AvgIpc) is 3.50. The maximum atomic E-state index is 13.3. The molecule has 10 nitrogen and oxygen atoms in total. The topological polar surface area (TPSA) is 115 Å². The highest BCUT2D eigenvalue weighted by Crippen LogP contribution is 2.43. The van der Waals surface area contributed by atoms with Crippen LogP contribution in [0.2, 0.25) is 0 Å². The van der Waals surface area contributed by atoms with Gasteiger partial charge in [0.05, 0.1) is 25.5 Å². The molecular formula is C42H49N5O5. The van der Waals surface area contributed by atoms with Gasteiger partial charge in [-0.15, -0.1) is 0 Å². The zero-order chi connectivity index (χ0) is 36.1. The number of ether oxygens (including phenoxy) is 2. The molecule has 3 fully saturated rings. The zero-order valence-electron chi connectivity index (χ0n) is 30.0. The molecular weight excluding hydrogens is 654 g/mol. The normalized spacial score (nSPS) is 23.0. The van der Waals surface area contributed by atoms with Gasteiger partial charge in [0.15, 0.2) is 6.29 Å². The van der Waals surface area contributed by atoms with Crippen LogP contribution in [0.1, 0.15) is 61.3 Å². The second-order valence-electron chi connectivity index (χ2n) is 14.1. The van der Waals surface area contributed by atoms with Crippen molar-refractivity contribution in [3.63, 3.8) is 0 Å². The molecule has 4 aromatic carbocycles. The number of rotatable bonds is 10. The molecule has 7 rings (SSSR count). The van der Waals surface area contributed by atoms with E-state index in [1.165, 1.54) is 0 Å². The molecule has 3 amide bonds. The fourth-order valence-corrected chi connectivity index (χ4v) is 7.82. The third kappa shape index (κ3) is 7.56. The largest absolute Gasteiger partial charge is 0.392 e. The lowest BCUT2D eigenvalue weighted by Crippen LogP contribution is -2.57. The van der Waals surface area contributed by atoms with Crippen LogP contribution in [0.3, 0.4) is 0 Å². The van der Waals surface area contributed by atoms with Crippen molar-refractivity contribution < 1.29 is 24.2 Å². The number of hydrogen-bond donors (Lipinski definition) is 4. The zero-order valence-corrected chi connectivity index (χ0v) is 30.0. The number of carbonyl (C=O) groups is 2. The minimum atomic E-state index is -0.573. The number of piperidine rings is 1. The third-order valence-electron chi connectivity index (χ3n) is 10.9. The molecule has 10 heteroatoms. The molecule has 0 bridgehead atoms. The molecule has 3 aliphatic rings. The van der Waals surface area contributed by atoms with Gasteiger partial charge in [0, 0.05) is 49.9 Å². The summed E-state index contributed by atoms with van der Waals surface area (Å²) < 4.78 is 13.6. The van der Waals surface area contributed by atoms with E-state index in [0.717, 1.165) is 71.5 Å². The van der Waals surface area contributed by atoms with Gasteiger partial charge in [0.25, 0.3) is 0 Å². The minimum absolute atomic E-state index is 0.00808. The number of amides is 3. The number of carbonyl (C=O) groups excluding carboxylic acids is 2. The highest BCUT2D eigenvalue weighted by atomic mass is 16.7. The number of benzene rings is 4. The van der Waals surface area contributed by atoms with Crippen molar-refractivity contribution in [1.29, 1.82) is 0 Å². The van der Waals surface area contributed by atoms with Crippen LogP contribution >= 0.6 is 0 Å². The molecule has 0 unspecified atom stereocenters. The SMILES string of the molecule is CCNC(=O)NCc1cccc(-c2ccc([C@H]3O[C@@H](CN4CCC5(CC4)C(=O)NCN5c4ccccc4)[C@@H](C)[C@@H](c4ccc(CO)cc4)O3)cc2)c1. The second kappa shape index (κ2) is 15.9. The van der Waals surface area contributed by atoms with Crippen molar-refractivity contribution in [2.24, 2.45) is 5.92 Å². The smallest absolute Gasteiger partial charge is 0.315 e. The quantitative estimate of drug-likeness (QED) is 0.163. The maximum absolute atomic E-state index is 13.3. The first kappa shape index (κ1) is 35.7. The van der Waals surface area contributed by atoms with E-state index in [-0.39, 0.29) is 36.7 Å². The highest BCUT2D eigenvalue weighted by Gasteiger charge is 2.51.